The van der Waals surface area contributed by atoms with Gasteiger partial charge >= 0.3 is 0 Å². The van der Waals surface area contributed by atoms with Crippen molar-refractivity contribution in [1.82, 2.24) is 4.90 Å². The molecule has 5 nitrogen and oxygen atoms in total. The zero-order chi connectivity index (χ0) is 13.2. The monoisotopic (exact) mass is 263 g/mol. The number of hydrogen-bond donors (Lipinski definition) is 1. The lowest BCUT2D eigenvalue weighted by molar-refractivity contribution is -0.132. The lowest BCUT2D eigenvalue weighted by atomic mass is 10.1. The summed E-state index contributed by atoms with van der Waals surface area (Å²) in [5.41, 5.74) is 0.931. The summed E-state index contributed by atoms with van der Waals surface area (Å²) < 4.78 is 10.5. The molecule has 1 amide bonds. The zero-order valence-corrected chi connectivity index (χ0v) is 10.7. The van der Waals surface area contributed by atoms with Crippen LogP contribution in [0.3, 0.4) is 0 Å². The molecule has 19 heavy (non-hydrogen) atoms. The Labute approximate surface area is 111 Å². The zero-order valence-electron chi connectivity index (χ0n) is 10.7. The summed E-state index contributed by atoms with van der Waals surface area (Å²) in [6.07, 6.45) is 1.46. The van der Waals surface area contributed by atoms with Crippen LogP contribution in [-0.2, 0) is 11.2 Å². The molecule has 3 rings (SSSR count). The van der Waals surface area contributed by atoms with Crippen molar-refractivity contribution in [3.05, 3.63) is 23.8 Å². The third-order valence-electron chi connectivity index (χ3n) is 3.61. The van der Waals surface area contributed by atoms with Gasteiger partial charge in [-0.2, -0.15) is 0 Å². The van der Waals surface area contributed by atoms with Gasteiger partial charge in [-0.05, 0) is 30.5 Å². The quantitative estimate of drug-likeness (QED) is 0.862. The molecule has 0 aromatic heterocycles. The van der Waals surface area contributed by atoms with Crippen LogP contribution >= 0.6 is 0 Å². The number of carbonyl (C=O) groups is 1. The second-order valence-electron chi connectivity index (χ2n) is 4.98. The van der Waals surface area contributed by atoms with E-state index in [1.165, 1.54) is 0 Å². The summed E-state index contributed by atoms with van der Waals surface area (Å²) in [7, 11) is 0. The van der Waals surface area contributed by atoms with E-state index in [4.69, 9.17) is 9.47 Å². The van der Waals surface area contributed by atoms with Crippen LogP contribution in [0.4, 0.5) is 0 Å². The van der Waals surface area contributed by atoms with Gasteiger partial charge in [-0.15, -0.1) is 0 Å². The molecule has 0 spiro atoms. The number of carbonyl (C=O) groups excluding carboxylic acids is 1. The van der Waals surface area contributed by atoms with Crippen molar-refractivity contribution < 1.29 is 19.4 Å². The maximum atomic E-state index is 12.1. The first-order valence-corrected chi connectivity index (χ1v) is 6.57. The summed E-state index contributed by atoms with van der Waals surface area (Å²) in [5, 5.41) is 9.44. The highest BCUT2D eigenvalue weighted by atomic mass is 16.7. The van der Waals surface area contributed by atoms with Crippen LogP contribution in [0.1, 0.15) is 18.4 Å². The summed E-state index contributed by atoms with van der Waals surface area (Å²) in [6, 6.07) is 5.59. The van der Waals surface area contributed by atoms with E-state index in [1.54, 1.807) is 0 Å². The smallest absolute Gasteiger partial charge is 0.231 e. The van der Waals surface area contributed by atoms with Crippen LogP contribution in [-0.4, -0.2) is 41.9 Å². The molecule has 0 bridgehead atoms. The lowest BCUT2D eigenvalue weighted by Gasteiger charge is -2.29. The van der Waals surface area contributed by atoms with Crippen LogP contribution in [0.5, 0.6) is 11.5 Å². The van der Waals surface area contributed by atoms with Gasteiger partial charge in [0.25, 0.3) is 0 Å². The molecule has 0 atom stereocenters. The molecule has 0 saturated carbocycles. The van der Waals surface area contributed by atoms with Crippen LogP contribution in [0.25, 0.3) is 0 Å². The summed E-state index contributed by atoms with van der Waals surface area (Å²) in [6.45, 7) is 1.53. The SMILES string of the molecule is O=C(Cc1ccc2c(c1)OCO2)N1CCC(O)CC1. The Bertz CT molecular complexity index is 480. The van der Waals surface area contributed by atoms with E-state index in [1.807, 2.05) is 23.1 Å². The molecular formula is C14H17NO4. The summed E-state index contributed by atoms with van der Waals surface area (Å²) in [5.74, 6) is 1.54. The molecule has 2 aliphatic heterocycles. The van der Waals surface area contributed by atoms with E-state index < -0.39 is 0 Å². The molecule has 1 fully saturated rings. The first-order valence-electron chi connectivity index (χ1n) is 6.57. The number of fused-ring (bicyclic) bond motifs is 1. The Hall–Kier alpha value is -1.75. The van der Waals surface area contributed by atoms with Crippen LogP contribution < -0.4 is 9.47 Å². The Kier molecular flexibility index (Phi) is 3.29. The van der Waals surface area contributed by atoms with Gasteiger partial charge in [-0.1, -0.05) is 6.07 Å². The van der Waals surface area contributed by atoms with Crippen molar-refractivity contribution in [3.63, 3.8) is 0 Å². The van der Waals surface area contributed by atoms with Crippen LogP contribution in [0.2, 0.25) is 0 Å². The van der Waals surface area contributed by atoms with E-state index in [0.717, 1.165) is 11.3 Å². The number of hydrogen-bond acceptors (Lipinski definition) is 4. The van der Waals surface area contributed by atoms with Gasteiger partial charge in [0.15, 0.2) is 11.5 Å². The molecule has 1 aromatic carbocycles. The number of aliphatic hydroxyl groups is 1. The first kappa shape index (κ1) is 12.3. The molecule has 0 aliphatic carbocycles. The predicted molar refractivity (Wildman–Crippen MR) is 68.1 cm³/mol. The number of nitrogens with zero attached hydrogens (tertiary/aromatic N) is 1. The van der Waals surface area contributed by atoms with Crippen molar-refractivity contribution in [1.29, 1.82) is 0 Å². The number of ether oxygens (including phenoxy) is 2. The fourth-order valence-corrected chi connectivity index (χ4v) is 2.45. The van der Waals surface area contributed by atoms with Gasteiger partial charge < -0.3 is 19.5 Å². The molecule has 2 aliphatic rings. The minimum absolute atomic E-state index is 0.103. The average Bonchev–Trinajstić information content (AvgIpc) is 2.87. The van der Waals surface area contributed by atoms with E-state index >= 15 is 0 Å². The highest BCUT2D eigenvalue weighted by molar-refractivity contribution is 5.79. The first-order chi connectivity index (χ1) is 9.22. The Morgan fingerprint density at radius 2 is 2.00 bits per heavy atom. The Morgan fingerprint density at radius 3 is 2.79 bits per heavy atom. The molecule has 102 valence electrons. The second kappa shape index (κ2) is 5.09. The number of amides is 1. The largest absolute Gasteiger partial charge is 0.454 e. The predicted octanol–water partition coefficient (Wildman–Crippen LogP) is 0.941. The summed E-state index contributed by atoms with van der Waals surface area (Å²) in [4.78, 5) is 14.0. The van der Waals surface area contributed by atoms with Gasteiger partial charge in [-0.25, -0.2) is 0 Å². The standard InChI is InChI=1S/C14H17NO4/c16-11-3-5-15(6-4-11)14(17)8-10-1-2-12-13(7-10)19-9-18-12/h1-2,7,11,16H,3-6,8-9H2. The van der Waals surface area contributed by atoms with Gasteiger partial charge in [-0.3, -0.25) is 4.79 Å². The molecular weight excluding hydrogens is 246 g/mol. The van der Waals surface area contributed by atoms with E-state index in [0.29, 0.717) is 38.1 Å². The number of piperidine rings is 1. The van der Waals surface area contributed by atoms with E-state index in [2.05, 4.69) is 0 Å². The van der Waals surface area contributed by atoms with Crippen molar-refractivity contribution in [2.24, 2.45) is 0 Å². The van der Waals surface area contributed by atoms with E-state index in [9.17, 15) is 9.90 Å². The van der Waals surface area contributed by atoms with Crippen molar-refractivity contribution in [2.75, 3.05) is 19.9 Å². The Balaban J connectivity index is 1.63. The van der Waals surface area contributed by atoms with Crippen molar-refractivity contribution in [2.45, 2.75) is 25.4 Å². The van der Waals surface area contributed by atoms with Crippen molar-refractivity contribution in [3.8, 4) is 11.5 Å². The number of benzene rings is 1. The van der Waals surface area contributed by atoms with Crippen LogP contribution in [0.15, 0.2) is 18.2 Å². The highest BCUT2D eigenvalue weighted by Crippen LogP contribution is 2.32. The number of rotatable bonds is 2. The van der Waals surface area contributed by atoms with E-state index in [-0.39, 0.29) is 18.8 Å². The average molecular weight is 263 g/mol. The fourth-order valence-electron chi connectivity index (χ4n) is 2.45. The molecule has 1 saturated heterocycles. The maximum Gasteiger partial charge on any atom is 0.231 e. The molecule has 0 radical (unpaired) electrons. The van der Waals surface area contributed by atoms with Gasteiger partial charge in [0.05, 0.1) is 12.5 Å². The number of aliphatic hydroxyl groups excluding tert-OH is 1. The fraction of sp³-hybridized carbons (Fsp3) is 0.500. The minimum atomic E-state index is -0.255. The molecule has 5 heteroatoms. The topological polar surface area (TPSA) is 59.0 Å². The number of likely N-dealkylation sites (tertiary alicyclic amines) is 1. The normalized spacial score (nSPS) is 18.7. The molecule has 1 aromatic rings. The van der Waals surface area contributed by atoms with Gasteiger partial charge in [0.2, 0.25) is 12.7 Å². The van der Waals surface area contributed by atoms with Gasteiger partial charge in [0, 0.05) is 13.1 Å². The molecule has 2 heterocycles. The van der Waals surface area contributed by atoms with Crippen LogP contribution in [0, 0.1) is 0 Å². The molecule has 1 N–H and O–H groups in total. The Morgan fingerprint density at radius 1 is 1.26 bits per heavy atom. The van der Waals surface area contributed by atoms with Gasteiger partial charge in [0.1, 0.15) is 0 Å². The maximum absolute atomic E-state index is 12.1. The second-order valence-corrected chi connectivity index (χ2v) is 4.98. The lowest BCUT2D eigenvalue weighted by Crippen LogP contribution is -2.40. The molecule has 0 unspecified atom stereocenters. The third kappa shape index (κ3) is 2.66. The minimum Gasteiger partial charge on any atom is -0.454 e. The van der Waals surface area contributed by atoms with Crippen molar-refractivity contribution >= 4 is 5.91 Å². The summed E-state index contributed by atoms with van der Waals surface area (Å²) >= 11 is 0. The highest BCUT2D eigenvalue weighted by Gasteiger charge is 2.22. The third-order valence-corrected chi connectivity index (χ3v) is 3.61.